The second kappa shape index (κ2) is 5.47. The number of anilines is 2. The number of amides is 1. The van der Waals surface area contributed by atoms with Crippen molar-refractivity contribution in [3.8, 4) is 0 Å². The molecule has 1 aromatic heterocycles. The van der Waals surface area contributed by atoms with Crippen molar-refractivity contribution in [2.75, 3.05) is 4.90 Å². The zero-order valence-electron chi connectivity index (χ0n) is 14.1. The number of hydrogen-bond acceptors (Lipinski definition) is 4. The van der Waals surface area contributed by atoms with Gasteiger partial charge in [0.05, 0.1) is 17.4 Å². The number of aromatic nitrogens is 2. The molecule has 1 aliphatic heterocycles. The van der Waals surface area contributed by atoms with Crippen LogP contribution in [-0.4, -0.2) is 26.8 Å². The fraction of sp³-hybridized carbons (Fsp3) is 0.412. The van der Waals surface area contributed by atoms with Gasteiger partial charge in [0.15, 0.2) is 0 Å². The average Bonchev–Trinajstić information content (AvgIpc) is 2.78. The lowest BCUT2D eigenvalue weighted by atomic mass is 10.1. The number of hydrogen-bond donors (Lipinski definition) is 0. The molecule has 122 valence electrons. The van der Waals surface area contributed by atoms with Crippen LogP contribution in [0.5, 0.6) is 0 Å². The van der Waals surface area contributed by atoms with Gasteiger partial charge in [-0.25, -0.2) is 0 Å². The van der Waals surface area contributed by atoms with Gasteiger partial charge in [0.2, 0.25) is 5.91 Å². The first-order valence-electron chi connectivity index (χ1n) is 7.73. The van der Waals surface area contributed by atoms with Gasteiger partial charge in [-0.05, 0) is 39.3 Å². The maximum absolute atomic E-state index is 13.0. The van der Waals surface area contributed by atoms with Crippen LogP contribution >= 0.6 is 0 Å². The standard InChI is InChI=1S/C17H21N4O2/c1-10-8-6-7-9-14(10)20-16-15(11(2)18-19(16)5)12(3)21(23)13(4)17(20)22/h6-9,12-13H,1-5H3/q-1. The molecule has 0 N–H and O–H groups in total. The summed E-state index contributed by atoms with van der Waals surface area (Å²) in [6.07, 6.45) is 0. The average molecular weight is 313 g/mol. The van der Waals surface area contributed by atoms with E-state index in [-0.39, 0.29) is 5.91 Å². The lowest BCUT2D eigenvalue weighted by Gasteiger charge is -2.37. The smallest absolute Gasteiger partial charge is 0.248 e. The van der Waals surface area contributed by atoms with E-state index in [2.05, 4.69) is 5.10 Å². The molecule has 0 saturated heterocycles. The fourth-order valence-corrected chi connectivity index (χ4v) is 3.33. The van der Waals surface area contributed by atoms with Gasteiger partial charge in [-0.1, -0.05) is 18.2 Å². The van der Waals surface area contributed by atoms with Gasteiger partial charge >= 0.3 is 0 Å². The first kappa shape index (κ1) is 15.7. The normalized spacial score (nSPS) is 22.2. The van der Waals surface area contributed by atoms with E-state index in [1.54, 1.807) is 16.5 Å². The Hall–Kier alpha value is -2.18. The maximum Gasteiger partial charge on any atom is 0.248 e. The van der Waals surface area contributed by atoms with Gasteiger partial charge in [0, 0.05) is 18.7 Å². The summed E-state index contributed by atoms with van der Waals surface area (Å²) in [6, 6.07) is 6.51. The van der Waals surface area contributed by atoms with Crippen LogP contribution in [0.2, 0.25) is 0 Å². The van der Waals surface area contributed by atoms with Gasteiger partial charge in [-0.2, -0.15) is 5.10 Å². The molecule has 2 heterocycles. The SMILES string of the molecule is Cc1ccccc1N1C(=O)C(C)N([O-])C(C)c2c(C)nn(C)c21. The molecule has 0 aliphatic carbocycles. The molecular weight excluding hydrogens is 292 g/mol. The van der Waals surface area contributed by atoms with E-state index in [0.29, 0.717) is 5.82 Å². The summed E-state index contributed by atoms with van der Waals surface area (Å²) in [4.78, 5) is 14.7. The Balaban J connectivity index is 2.32. The zero-order valence-corrected chi connectivity index (χ0v) is 14.1. The van der Waals surface area contributed by atoms with Crippen molar-refractivity contribution in [2.45, 2.75) is 39.8 Å². The van der Waals surface area contributed by atoms with Crippen molar-refractivity contribution in [1.82, 2.24) is 14.8 Å². The van der Waals surface area contributed by atoms with E-state index in [1.165, 1.54) is 0 Å². The van der Waals surface area contributed by atoms with Gasteiger partial charge in [-0.3, -0.25) is 14.4 Å². The van der Waals surface area contributed by atoms with Gasteiger partial charge < -0.3 is 10.3 Å². The van der Waals surface area contributed by atoms with Crippen LogP contribution in [0.4, 0.5) is 11.5 Å². The summed E-state index contributed by atoms with van der Waals surface area (Å²) in [5, 5.41) is 17.9. The Kier molecular flexibility index (Phi) is 3.74. The van der Waals surface area contributed by atoms with E-state index >= 15 is 0 Å². The van der Waals surface area contributed by atoms with Gasteiger partial charge in [0.25, 0.3) is 0 Å². The van der Waals surface area contributed by atoms with Crippen molar-refractivity contribution in [1.29, 1.82) is 0 Å². The Morgan fingerprint density at radius 2 is 1.78 bits per heavy atom. The van der Waals surface area contributed by atoms with Crippen LogP contribution in [0.15, 0.2) is 24.3 Å². The van der Waals surface area contributed by atoms with E-state index < -0.39 is 12.1 Å². The number of aryl methyl sites for hydroxylation is 3. The van der Waals surface area contributed by atoms with Crippen LogP contribution in [0, 0.1) is 19.1 Å². The highest BCUT2D eigenvalue weighted by molar-refractivity contribution is 6.04. The minimum atomic E-state index is -0.753. The Morgan fingerprint density at radius 1 is 1.13 bits per heavy atom. The molecule has 1 aliphatic rings. The molecule has 0 fully saturated rings. The van der Waals surface area contributed by atoms with Crippen molar-refractivity contribution in [2.24, 2.45) is 7.05 Å². The van der Waals surface area contributed by atoms with E-state index in [4.69, 9.17) is 0 Å². The number of para-hydroxylation sites is 1. The Labute approximate surface area is 135 Å². The first-order chi connectivity index (χ1) is 10.8. The van der Waals surface area contributed by atoms with Crippen LogP contribution < -0.4 is 4.90 Å². The van der Waals surface area contributed by atoms with E-state index in [0.717, 1.165) is 27.6 Å². The number of fused-ring (bicyclic) bond motifs is 1. The third kappa shape index (κ3) is 2.26. The van der Waals surface area contributed by atoms with Gasteiger partial charge in [0.1, 0.15) is 5.82 Å². The molecule has 0 bridgehead atoms. The molecule has 2 aromatic rings. The van der Waals surface area contributed by atoms with Crippen molar-refractivity contribution in [3.05, 3.63) is 46.3 Å². The number of nitrogens with zero attached hydrogens (tertiary/aromatic N) is 4. The Morgan fingerprint density at radius 3 is 2.43 bits per heavy atom. The molecule has 6 nitrogen and oxygen atoms in total. The predicted molar refractivity (Wildman–Crippen MR) is 89.4 cm³/mol. The van der Waals surface area contributed by atoms with Crippen molar-refractivity contribution >= 4 is 17.4 Å². The molecule has 23 heavy (non-hydrogen) atoms. The van der Waals surface area contributed by atoms with Crippen LogP contribution in [0.25, 0.3) is 0 Å². The summed E-state index contributed by atoms with van der Waals surface area (Å²) < 4.78 is 1.69. The Bertz CT molecular complexity index is 768. The molecule has 0 saturated carbocycles. The van der Waals surface area contributed by atoms with E-state index in [1.807, 2.05) is 52.1 Å². The quantitative estimate of drug-likeness (QED) is 0.812. The number of hydroxylamine groups is 2. The fourth-order valence-electron chi connectivity index (χ4n) is 3.33. The maximum atomic E-state index is 13.0. The number of carbonyl (C=O) groups excluding carboxylic acids is 1. The second-order valence-electron chi connectivity index (χ2n) is 6.12. The molecule has 2 unspecified atom stereocenters. The minimum absolute atomic E-state index is 0.233. The molecular formula is C17H21N4O2-. The van der Waals surface area contributed by atoms with Crippen LogP contribution in [0.3, 0.4) is 0 Å². The second-order valence-corrected chi connectivity index (χ2v) is 6.12. The monoisotopic (exact) mass is 313 g/mol. The van der Waals surface area contributed by atoms with Crippen molar-refractivity contribution in [3.63, 3.8) is 0 Å². The molecule has 6 heteroatoms. The summed E-state index contributed by atoms with van der Waals surface area (Å²) in [5.41, 5.74) is 3.35. The highest BCUT2D eigenvalue weighted by Crippen LogP contribution is 2.41. The highest BCUT2D eigenvalue weighted by Gasteiger charge is 2.37. The predicted octanol–water partition coefficient (Wildman–Crippen LogP) is 2.96. The molecule has 1 amide bonds. The first-order valence-corrected chi connectivity index (χ1v) is 7.73. The lowest BCUT2D eigenvalue weighted by molar-refractivity contribution is -0.122. The number of carbonyl (C=O) groups is 1. The summed E-state index contributed by atoms with van der Waals surface area (Å²) in [6.45, 7) is 7.32. The molecule has 3 rings (SSSR count). The highest BCUT2D eigenvalue weighted by atomic mass is 16.5. The topological polar surface area (TPSA) is 64.4 Å². The molecule has 0 radical (unpaired) electrons. The largest absolute Gasteiger partial charge is 0.784 e. The number of benzene rings is 1. The lowest BCUT2D eigenvalue weighted by Crippen LogP contribution is -2.42. The molecule has 1 aromatic carbocycles. The molecule has 2 atom stereocenters. The van der Waals surface area contributed by atoms with Crippen LogP contribution in [-0.2, 0) is 11.8 Å². The molecule has 0 spiro atoms. The van der Waals surface area contributed by atoms with Crippen molar-refractivity contribution < 1.29 is 4.79 Å². The zero-order chi connectivity index (χ0) is 16.9. The third-order valence-corrected chi connectivity index (χ3v) is 4.56. The number of rotatable bonds is 1. The van der Waals surface area contributed by atoms with Gasteiger partial charge in [-0.15, -0.1) is 0 Å². The summed E-state index contributed by atoms with van der Waals surface area (Å²) >= 11 is 0. The third-order valence-electron chi connectivity index (χ3n) is 4.56. The van der Waals surface area contributed by atoms with Crippen LogP contribution in [0.1, 0.15) is 36.7 Å². The minimum Gasteiger partial charge on any atom is -0.784 e. The summed E-state index contributed by atoms with van der Waals surface area (Å²) in [7, 11) is 1.81. The van der Waals surface area contributed by atoms with E-state index in [9.17, 15) is 10.0 Å². The summed E-state index contributed by atoms with van der Waals surface area (Å²) in [5.74, 6) is 0.447.